The third-order valence-electron chi connectivity index (χ3n) is 3.18. The van der Waals surface area contributed by atoms with E-state index in [1.54, 1.807) is 4.90 Å². The highest BCUT2D eigenvalue weighted by molar-refractivity contribution is 8.00. The Morgan fingerprint density at radius 3 is 2.50 bits per heavy atom. The van der Waals surface area contributed by atoms with E-state index in [2.05, 4.69) is 24.5 Å². The minimum atomic E-state index is -0.863. The molecule has 2 rings (SSSR count). The standard InChI is InChI=1S/C14H19FN4O2S/c1-8-6-19(7-9(2)22-8)14(21)17-10-3-4-11(15)12(5-10)18-13(16)20/h3-5,8-9H,6-7H2,1-2H3,(H,17,21)(H3,16,18,20). The van der Waals surface area contributed by atoms with Crippen LogP contribution in [-0.2, 0) is 0 Å². The zero-order valence-corrected chi connectivity index (χ0v) is 13.2. The molecule has 22 heavy (non-hydrogen) atoms. The topological polar surface area (TPSA) is 87.5 Å². The lowest BCUT2D eigenvalue weighted by Gasteiger charge is -2.34. The number of nitrogens with one attached hydrogen (secondary N) is 2. The number of carbonyl (C=O) groups excluding carboxylic acids is 2. The van der Waals surface area contributed by atoms with Gasteiger partial charge in [-0.15, -0.1) is 0 Å². The van der Waals surface area contributed by atoms with Crippen LogP contribution in [0.1, 0.15) is 13.8 Å². The third-order valence-corrected chi connectivity index (χ3v) is 4.41. The first kappa shape index (κ1) is 16.4. The summed E-state index contributed by atoms with van der Waals surface area (Å²) in [6, 6.07) is 2.83. The molecule has 1 aliphatic rings. The van der Waals surface area contributed by atoms with E-state index in [9.17, 15) is 14.0 Å². The maximum atomic E-state index is 13.5. The average Bonchev–Trinajstić information content (AvgIpc) is 2.41. The molecule has 6 nitrogen and oxygen atoms in total. The van der Waals surface area contributed by atoms with Crippen LogP contribution in [0.4, 0.5) is 25.4 Å². The lowest BCUT2D eigenvalue weighted by molar-refractivity contribution is 0.211. The van der Waals surface area contributed by atoms with Crippen LogP contribution in [0.2, 0.25) is 0 Å². The van der Waals surface area contributed by atoms with Crippen LogP contribution in [0, 0.1) is 5.82 Å². The van der Waals surface area contributed by atoms with E-state index in [4.69, 9.17) is 5.73 Å². The normalized spacial score (nSPS) is 21.3. The number of benzene rings is 1. The van der Waals surface area contributed by atoms with Crippen LogP contribution in [0.5, 0.6) is 0 Å². The summed E-state index contributed by atoms with van der Waals surface area (Å²) in [6.45, 7) is 5.48. The Hall–Kier alpha value is -1.96. The van der Waals surface area contributed by atoms with Crippen molar-refractivity contribution >= 4 is 35.2 Å². The molecule has 2 unspecified atom stereocenters. The summed E-state index contributed by atoms with van der Waals surface area (Å²) >= 11 is 1.85. The predicted molar refractivity (Wildman–Crippen MR) is 86.7 cm³/mol. The van der Waals surface area contributed by atoms with E-state index in [1.807, 2.05) is 11.8 Å². The first-order chi connectivity index (χ1) is 10.3. The number of anilines is 2. The summed E-state index contributed by atoms with van der Waals surface area (Å²) in [5.41, 5.74) is 5.31. The highest BCUT2D eigenvalue weighted by Crippen LogP contribution is 2.25. The van der Waals surface area contributed by atoms with Gasteiger partial charge in [0.25, 0.3) is 0 Å². The van der Waals surface area contributed by atoms with E-state index in [0.717, 1.165) is 6.07 Å². The van der Waals surface area contributed by atoms with Gasteiger partial charge in [0.2, 0.25) is 0 Å². The van der Waals surface area contributed by atoms with E-state index in [1.165, 1.54) is 12.1 Å². The number of carbonyl (C=O) groups is 2. The zero-order chi connectivity index (χ0) is 16.3. The van der Waals surface area contributed by atoms with E-state index in [0.29, 0.717) is 29.3 Å². The molecule has 1 heterocycles. The minimum absolute atomic E-state index is 0.0683. The number of halogens is 1. The first-order valence-electron chi connectivity index (χ1n) is 6.92. The lowest BCUT2D eigenvalue weighted by atomic mass is 10.2. The lowest BCUT2D eigenvalue weighted by Crippen LogP contribution is -2.46. The maximum Gasteiger partial charge on any atom is 0.321 e. The van der Waals surface area contributed by atoms with Crippen molar-refractivity contribution < 1.29 is 14.0 Å². The highest BCUT2D eigenvalue weighted by Gasteiger charge is 2.25. The summed E-state index contributed by atoms with van der Waals surface area (Å²) < 4.78 is 13.5. The van der Waals surface area contributed by atoms with Crippen LogP contribution >= 0.6 is 11.8 Å². The zero-order valence-electron chi connectivity index (χ0n) is 12.4. The molecule has 1 fully saturated rings. The van der Waals surface area contributed by atoms with Crippen molar-refractivity contribution in [2.24, 2.45) is 5.73 Å². The largest absolute Gasteiger partial charge is 0.351 e. The Labute approximate surface area is 132 Å². The van der Waals surface area contributed by atoms with Gasteiger partial charge in [-0.3, -0.25) is 0 Å². The predicted octanol–water partition coefficient (Wildman–Crippen LogP) is 2.67. The van der Waals surface area contributed by atoms with Crippen LogP contribution < -0.4 is 16.4 Å². The number of rotatable bonds is 2. The minimum Gasteiger partial charge on any atom is -0.351 e. The molecule has 8 heteroatoms. The Morgan fingerprint density at radius 1 is 1.27 bits per heavy atom. The van der Waals surface area contributed by atoms with Crippen molar-refractivity contribution in [3.63, 3.8) is 0 Å². The number of urea groups is 2. The first-order valence-corrected chi connectivity index (χ1v) is 7.87. The Morgan fingerprint density at radius 2 is 1.91 bits per heavy atom. The molecule has 1 aromatic carbocycles. The van der Waals surface area contributed by atoms with Crippen LogP contribution in [-0.4, -0.2) is 40.6 Å². The van der Waals surface area contributed by atoms with Crippen LogP contribution in [0.15, 0.2) is 18.2 Å². The van der Waals surface area contributed by atoms with Crippen molar-refractivity contribution in [3.05, 3.63) is 24.0 Å². The van der Waals surface area contributed by atoms with Gasteiger partial charge in [-0.25, -0.2) is 14.0 Å². The number of primary amides is 1. The van der Waals surface area contributed by atoms with Gasteiger partial charge in [-0.2, -0.15) is 11.8 Å². The van der Waals surface area contributed by atoms with Gasteiger partial charge in [-0.1, -0.05) is 13.8 Å². The maximum absolute atomic E-state index is 13.5. The fourth-order valence-corrected chi connectivity index (χ4v) is 3.70. The van der Waals surface area contributed by atoms with Gasteiger partial charge in [0, 0.05) is 29.3 Å². The molecule has 0 bridgehead atoms. The van der Waals surface area contributed by atoms with Gasteiger partial charge in [0.05, 0.1) is 5.69 Å². The molecule has 1 aromatic rings. The van der Waals surface area contributed by atoms with E-state index in [-0.39, 0.29) is 11.7 Å². The quantitative estimate of drug-likeness (QED) is 0.781. The van der Waals surface area contributed by atoms with Crippen molar-refractivity contribution in [2.45, 2.75) is 24.3 Å². The number of hydrogen-bond acceptors (Lipinski definition) is 3. The molecule has 1 aliphatic heterocycles. The SMILES string of the molecule is CC1CN(C(=O)Nc2ccc(F)c(NC(N)=O)c2)CC(C)S1. The van der Waals surface area contributed by atoms with Crippen LogP contribution in [0.25, 0.3) is 0 Å². The monoisotopic (exact) mass is 326 g/mol. The molecule has 0 aliphatic carbocycles. The Balaban J connectivity index is 2.06. The molecule has 4 N–H and O–H groups in total. The number of thioether (sulfide) groups is 1. The van der Waals surface area contributed by atoms with Gasteiger partial charge >= 0.3 is 12.1 Å². The average molecular weight is 326 g/mol. The van der Waals surface area contributed by atoms with Gasteiger partial charge in [0.15, 0.2) is 0 Å². The second-order valence-corrected chi connectivity index (χ2v) is 7.16. The van der Waals surface area contributed by atoms with E-state index >= 15 is 0 Å². The summed E-state index contributed by atoms with van der Waals surface area (Å²) in [4.78, 5) is 24.8. The summed E-state index contributed by atoms with van der Waals surface area (Å²) in [7, 11) is 0. The summed E-state index contributed by atoms with van der Waals surface area (Å²) in [5, 5.41) is 5.63. The van der Waals surface area contributed by atoms with E-state index < -0.39 is 11.8 Å². The summed E-state index contributed by atoms with van der Waals surface area (Å²) in [6.07, 6.45) is 0. The van der Waals surface area contributed by atoms with Crippen LogP contribution in [0.3, 0.4) is 0 Å². The number of amides is 4. The third kappa shape index (κ3) is 4.27. The molecule has 1 saturated heterocycles. The van der Waals surface area contributed by atoms with Gasteiger partial charge < -0.3 is 21.3 Å². The van der Waals surface area contributed by atoms with Crippen molar-refractivity contribution in [1.29, 1.82) is 0 Å². The number of nitrogens with zero attached hydrogens (tertiary/aromatic N) is 1. The molecule has 120 valence electrons. The Kier molecular flexibility index (Phi) is 5.12. The second kappa shape index (κ2) is 6.87. The molecule has 4 amide bonds. The molecular weight excluding hydrogens is 307 g/mol. The Bertz CT molecular complexity index is 574. The molecule has 2 atom stereocenters. The molecular formula is C14H19FN4O2S. The fourth-order valence-electron chi connectivity index (χ4n) is 2.38. The summed E-state index contributed by atoms with van der Waals surface area (Å²) in [5.74, 6) is -0.617. The van der Waals surface area contributed by atoms with Crippen molar-refractivity contribution in [2.75, 3.05) is 23.7 Å². The highest BCUT2D eigenvalue weighted by atomic mass is 32.2. The smallest absolute Gasteiger partial charge is 0.321 e. The van der Waals surface area contributed by atoms with Crippen molar-refractivity contribution in [1.82, 2.24) is 4.90 Å². The van der Waals surface area contributed by atoms with Crippen molar-refractivity contribution in [3.8, 4) is 0 Å². The number of nitrogens with two attached hydrogens (primary N) is 1. The molecule has 0 spiro atoms. The molecule has 0 saturated carbocycles. The fraction of sp³-hybridized carbons (Fsp3) is 0.429. The van der Waals surface area contributed by atoms with Gasteiger partial charge in [-0.05, 0) is 18.2 Å². The van der Waals surface area contributed by atoms with Gasteiger partial charge in [0.1, 0.15) is 5.82 Å². The molecule has 0 radical (unpaired) electrons. The second-order valence-electron chi connectivity index (χ2n) is 5.28. The number of hydrogen-bond donors (Lipinski definition) is 3. The molecule has 0 aromatic heterocycles.